The summed E-state index contributed by atoms with van der Waals surface area (Å²) in [7, 11) is 0. The molecule has 0 fully saturated rings. The molecule has 2 aromatic rings. The first kappa shape index (κ1) is 14.3. The van der Waals surface area contributed by atoms with Crippen molar-refractivity contribution in [3.8, 4) is 0 Å². The molecular formula is C16H19NO3. The van der Waals surface area contributed by atoms with Crippen LogP contribution in [0.4, 0.5) is 0 Å². The summed E-state index contributed by atoms with van der Waals surface area (Å²) in [4.78, 5) is 13.2. The van der Waals surface area contributed by atoms with Gasteiger partial charge in [-0.2, -0.15) is 0 Å². The fourth-order valence-corrected chi connectivity index (χ4v) is 2.18. The number of furan rings is 1. The van der Waals surface area contributed by atoms with Crippen molar-refractivity contribution in [1.29, 1.82) is 0 Å². The molecule has 0 bridgehead atoms. The van der Waals surface area contributed by atoms with Gasteiger partial charge in [0.15, 0.2) is 0 Å². The third kappa shape index (κ3) is 3.48. The fourth-order valence-electron chi connectivity index (χ4n) is 2.18. The summed E-state index contributed by atoms with van der Waals surface area (Å²) in [5, 5.41) is 9.00. The molecule has 20 heavy (non-hydrogen) atoms. The predicted molar refractivity (Wildman–Crippen MR) is 76.6 cm³/mol. The van der Waals surface area contributed by atoms with Crippen LogP contribution in [0, 0.1) is 6.92 Å². The molecule has 106 valence electrons. The third-order valence-electron chi connectivity index (χ3n) is 3.24. The molecule has 0 aliphatic carbocycles. The molecule has 2 rings (SSSR count). The highest BCUT2D eigenvalue weighted by Gasteiger charge is 2.15. The second-order valence-corrected chi connectivity index (χ2v) is 4.82. The normalized spacial score (nSPS) is 10.9. The molecule has 0 spiro atoms. The van der Waals surface area contributed by atoms with Gasteiger partial charge in [0.1, 0.15) is 5.76 Å². The molecule has 1 N–H and O–H groups in total. The Hall–Kier alpha value is -2.07. The number of hydrogen-bond donors (Lipinski definition) is 1. The van der Waals surface area contributed by atoms with Gasteiger partial charge < -0.3 is 9.52 Å². The number of benzene rings is 1. The van der Waals surface area contributed by atoms with E-state index in [2.05, 4.69) is 24.0 Å². The highest BCUT2D eigenvalue weighted by atomic mass is 16.4. The van der Waals surface area contributed by atoms with Crippen LogP contribution in [0.15, 0.2) is 40.8 Å². The first-order valence-corrected chi connectivity index (χ1v) is 6.69. The van der Waals surface area contributed by atoms with E-state index in [0.29, 0.717) is 17.9 Å². The maximum Gasteiger partial charge on any atom is 0.372 e. The minimum absolute atomic E-state index is 0.0377. The smallest absolute Gasteiger partial charge is 0.372 e. The Morgan fingerprint density at radius 2 is 1.95 bits per heavy atom. The Bertz CT molecular complexity index is 575. The van der Waals surface area contributed by atoms with Crippen molar-refractivity contribution in [3.63, 3.8) is 0 Å². The Morgan fingerprint density at radius 3 is 2.50 bits per heavy atom. The van der Waals surface area contributed by atoms with Gasteiger partial charge in [-0.25, -0.2) is 4.79 Å². The third-order valence-corrected chi connectivity index (χ3v) is 3.24. The average Bonchev–Trinajstić information content (AvgIpc) is 2.80. The summed E-state index contributed by atoms with van der Waals surface area (Å²) in [5.41, 5.74) is 1.90. The van der Waals surface area contributed by atoms with Crippen LogP contribution in [-0.4, -0.2) is 22.5 Å². The minimum atomic E-state index is -1.01. The van der Waals surface area contributed by atoms with Gasteiger partial charge in [-0.05, 0) is 25.1 Å². The van der Waals surface area contributed by atoms with Gasteiger partial charge in [0.2, 0.25) is 5.76 Å². The van der Waals surface area contributed by atoms with Gasteiger partial charge >= 0.3 is 5.97 Å². The highest BCUT2D eigenvalue weighted by Crippen LogP contribution is 2.17. The molecule has 0 aliphatic heterocycles. The first-order valence-electron chi connectivity index (χ1n) is 6.69. The van der Waals surface area contributed by atoms with Crippen molar-refractivity contribution >= 4 is 5.97 Å². The van der Waals surface area contributed by atoms with E-state index in [1.165, 1.54) is 5.56 Å². The van der Waals surface area contributed by atoms with E-state index < -0.39 is 5.97 Å². The van der Waals surface area contributed by atoms with Gasteiger partial charge in [-0.1, -0.05) is 37.3 Å². The molecule has 4 nitrogen and oxygen atoms in total. The average molecular weight is 273 g/mol. The number of carboxylic acids is 1. The topological polar surface area (TPSA) is 53.7 Å². The van der Waals surface area contributed by atoms with Crippen LogP contribution in [0.3, 0.4) is 0 Å². The Kier molecular flexibility index (Phi) is 4.58. The monoisotopic (exact) mass is 273 g/mol. The zero-order chi connectivity index (χ0) is 14.5. The van der Waals surface area contributed by atoms with E-state index in [4.69, 9.17) is 9.52 Å². The van der Waals surface area contributed by atoms with Gasteiger partial charge in [0.25, 0.3) is 0 Å². The van der Waals surface area contributed by atoms with E-state index in [0.717, 1.165) is 13.1 Å². The standard InChI is InChI=1S/C16H19NO3/c1-3-17(10-13-7-5-4-6-8-13)11-14-9-12(2)15(20-14)16(18)19/h4-9H,3,10-11H2,1-2H3,(H,18,19). The van der Waals surface area contributed by atoms with Crippen molar-refractivity contribution in [2.45, 2.75) is 26.9 Å². The number of carbonyl (C=O) groups is 1. The minimum Gasteiger partial charge on any atom is -0.475 e. The van der Waals surface area contributed by atoms with Crippen molar-refractivity contribution in [2.24, 2.45) is 0 Å². The molecule has 4 heteroatoms. The van der Waals surface area contributed by atoms with Crippen molar-refractivity contribution in [2.75, 3.05) is 6.54 Å². The lowest BCUT2D eigenvalue weighted by Gasteiger charge is -2.19. The first-order chi connectivity index (χ1) is 9.60. The van der Waals surface area contributed by atoms with Crippen molar-refractivity contribution in [1.82, 2.24) is 4.90 Å². The maximum absolute atomic E-state index is 11.0. The van der Waals surface area contributed by atoms with Crippen LogP contribution in [0.1, 0.15) is 34.4 Å². The molecule has 0 aliphatic rings. The van der Waals surface area contributed by atoms with Gasteiger partial charge in [0.05, 0.1) is 6.54 Å². The Balaban J connectivity index is 2.06. The quantitative estimate of drug-likeness (QED) is 0.877. The summed E-state index contributed by atoms with van der Waals surface area (Å²) >= 11 is 0. The van der Waals surface area contributed by atoms with Gasteiger partial charge in [-0.3, -0.25) is 4.90 Å². The fraction of sp³-hybridized carbons (Fsp3) is 0.312. The predicted octanol–water partition coefficient (Wildman–Crippen LogP) is 3.31. The second-order valence-electron chi connectivity index (χ2n) is 4.82. The van der Waals surface area contributed by atoms with Gasteiger partial charge in [-0.15, -0.1) is 0 Å². The number of hydrogen-bond acceptors (Lipinski definition) is 3. The summed E-state index contributed by atoms with van der Waals surface area (Å²) in [6.07, 6.45) is 0. The largest absolute Gasteiger partial charge is 0.475 e. The van der Waals surface area contributed by atoms with E-state index in [9.17, 15) is 4.79 Å². The molecule has 1 aromatic carbocycles. The Labute approximate surface area is 118 Å². The highest BCUT2D eigenvalue weighted by molar-refractivity contribution is 5.86. The van der Waals surface area contributed by atoms with Crippen LogP contribution in [0.2, 0.25) is 0 Å². The lowest BCUT2D eigenvalue weighted by Crippen LogP contribution is -2.21. The van der Waals surface area contributed by atoms with Crippen LogP contribution < -0.4 is 0 Å². The van der Waals surface area contributed by atoms with E-state index >= 15 is 0 Å². The lowest BCUT2D eigenvalue weighted by atomic mass is 10.2. The molecule has 1 aromatic heterocycles. The Morgan fingerprint density at radius 1 is 1.25 bits per heavy atom. The van der Waals surface area contributed by atoms with Crippen LogP contribution >= 0.6 is 0 Å². The molecule has 0 atom stereocenters. The zero-order valence-electron chi connectivity index (χ0n) is 11.8. The molecular weight excluding hydrogens is 254 g/mol. The maximum atomic E-state index is 11.0. The van der Waals surface area contributed by atoms with E-state index in [-0.39, 0.29) is 5.76 Å². The molecule has 0 amide bonds. The number of nitrogens with zero attached hydrogens (tertiary/aromatic N) is 1. The molecule has 0 saturated carbocycles. The number of rotatable bonds is 6. The van der Waals surface area contributed by atoms with Crippen LogP contribution in [0.25, 0.3) is 0 Å². The van der Waals surface area contributed by atoms with Crippen LogP contribution in [-0.2, 0) is 13.1 Å². The van der Waals surface area contributed by atoms with Crippen molar-refractivity contribution < 1.29 is 14.3 Å². The molecule has 0 radical (unpaired) electrons. The summed E-state index contributed by atoms with van der Waals surface area (Å²) in [5.74, 6) is -0.284. The molecule has 0 saturated heterocycles. The number of aromatic carboxylic acids is 1. The SMILES string of the molecule is CCN(Cc1ccccc1)Cc1cc(C)c(C(=O)O)o1. The van der Waals surface area contributed by atoms with Crippen molar-refractivity contribution in [3.05, 3.63) is 59.0 Å². The molecule has 0 unspecified atom stereocenters. The number of carboxylic acid groups (broad SMARTS) is 1. The summed E-state index contributed by atoms with van der Waals surface area (Å²) in [6.45, 7) is 6.14. The number of aryl methyl sites for hydroxylation is 1. The van der Waals surface area contributed by atoms with Gasteiger partial charge in [0, 0.05) is 12.1 Å². The molecule has 1 heterocycles. The second kappa shape index (κ2) is 6.39. The summed E-state index contributed by atoms with van der Waals surface area (Å²) < 4.78 is 5.40. The van der Waals surface area contributed by atoms with E-state index in [1.54, 1.807) is 13.0 Å². The zero-order valence-corrected chi connectivity index (χ0v) is 11.8. The van der Waals surface area contributed by atoms with E-state index in [1.807, 2.05) is 18.2 Å². The lowest BCUT2D eigenvalue weighted by molar-refractivity contribution is 0.0657. The summed E-state index contributed by atoms with van der Waals surface area (Å²) in [6, 6.07) is 12.0. The van der Waals surface area contributed by atoms with Crippen LogP contribution in [0.5, 0.6) is 0 Å².